The first-order chi connectivity index (χ1) is 15.0. The number of rotatable bonds is 8. The van der Waals surface area contributed by atoms with E-state index in [0.717, 1.165) is 35.6 Å². The molecule has 2 amide bonds. The average molecular weight is 457 g/mol. The lowest BCUT2D eigenvalue weighted by atomic mass is 10.3. The fraction of sp³-hybridized carbons (Fsp3) is 0.381. The van der Waals surface area contributed by atoms with Gasteiger partial charge in [0.15, 0.2) is 4.34 Å². The van der Waals surface area contributed by atoms with Crippen molar-refractivity contribution in [3.8, 4) is 5.69 Å². The number of aryl methyl sites for hydroxylation is 1. The molecule has 0 atom stereocenters. The van der Waals surface area contributed by atoms with Crippen molar-refractivity contribution in [1.29, 1.82) is 0 Å². The minimum atomic E-state index is -0.135. The zero-order valence-corrected chi connectivity index (χ0v) is 19.3. The van der Waals surface area contributed by atoms with Gasteiger partial charge in [0.2, 0.25) is 16.9 Å². The molecule has 2 heterocycles. The van der Waals surface area contributed by atoms with Crippen molar-refractivity contribution < 1.29 is 9.59 Å². The maximum Gasteiger partial charge on any atom is 0.234 e. The maximum absolute atomic E-state index is 12.6. The van der Waals surface area contributed by atoms with Gasteiger partial charge in [-0.3, -0.25) is 14.5 Å². The van der Waals surface area contributed by atoms with Crippen molar-refractivity contribution in [2.45, 2.75) is 50.4 Å². The van der Waals surface area contributed by atoms with Crippen LogP contribution in [0.15, 0.2) is 34.7 Å². The topological polar surface area (TPSA) is 93.0 Å². The molecule has 8 nitrogen and oxygen atoms in total. The van der Waals surface area contributed by atoms with E-state index in [0.29, 0.717) is 15.9 Å². The molecule has 1 saturated carbocycles. The Hall–Kier alpha value is -2.72. The number of anilines is 2. The van der Waals surface area contributed by atoms with Crippen LogP contribution in [0.5, 0.6) is 0 Å². The third-order valence-corrected chi connectivity index (χ3v) is 7.02. The lowest BCUT2D eigenvalue weighted by molar-refractivity contribution is -0.118. The van der Waals surface area contributed by atoms with Gasteiger partial charge < -0.3 is 5.32 Å². The van der Waals surface area contributed by atoms with Crippen LogP contribution in [0.4, 0.5) is 10.8 Å². The van der Waals surface area contributed by atoms with Crippen molar-refractivity contribution in [3.63, 3.8) is 0 Å². The first-order valence-corrected chi connectivity index (χ1v) is 12.0. The van der Waals surface area contributed by atoms with Gasteiger partial charge in [0.05, 0.1) is 28.5 Å². The minimum absolute atomic E-state index is 0.0642. The van der Waals surface area contributed by atoms with Gasteiger partial charge in [-0.2, -0.15) is 5.10 Å². The van der Waals surface area contributed by atoms with Crippen LogP contribution in [0.3, 0.4) is 0 Å². The van der Waals surface area contributed by atoms with Gasteiger partial charge in [-0.05, 0) is 38.8 Å². The van der Waals surface area contributed by atoms with Crippen LogP contribution in [0.2, 0.25) is 0 Å². The Labute approximate surface area is 189 Å². The first-order valence-electron chi connectivity index (χ1n) is 10.2. The summed E-state index contributed by atoms with van der Waals surface area (Å²) >= 11 is 2.68. The molecule has 0 saturated heterocycles. The quantitative estimate of drug-likeness (QED) is 0.407. The van der Waals surface area contributed by atoms with E-state index in [1.54, 1.807) is 4.90 Å². The van der Waals surface area contributed by atoms with Crippen molar-refractivity contribution in [1.82, 2.24) is 20.0 Å². The van der Waals surface area contributed by atoms with E-state index < -0.39 is 0 Å². The van der Waals surface area contributed by atoms with Gasteiger partial charge in [0.25, 0.3) is 0 Å². The second-order valence-electron chi connectivity index (χ2n) is 7.33. The number of aromatic nitrogens is 4. The van der Waals surface area contributed by atoms with E-state index in [2.05, 4.69) is 20.6 Å². The van der Waals surface area contributed by atoms with Gasteiger partial charge in [-0.15, -0.1) is 10.2 Å². The van der Waals surface area contributed by atoms with E-state index >= 15 is 0 Å². The number of benzene rings is 1. The summed E-state index contributed by atoms with van der Waals surface area (Å²) in [7, 11) is 0. The lowest BCUT2D eigenvalue weighted by Crippen LogP contribution is -2.32. The molecule has 1 N–H and O–H groups in total. The monoisotopic (exact) mass is 456 g/mol. The number of nitrogens with one attached hydrogen (secondary N) is 1. The van der Waals surface area contributed by atoms with Gasteiger partial charge in [0, 0.05) is 12.5 Å². The Kier molecular flexibility index (Phi) is 6.38. The molecule has 0 aliphatic heterocycles. The summed E-state index contributed by atoms with van der Waals surface area (Å²) < 4.78 is 2.50. The summed E-state index contributed by atoms with van der Waals surface area (Å²) in [6.07, 6.45) is 2.45. The van der Waals surface area contributed by atoms with Crippen LogP contribution in [0.25, 0.3) is 5.69 Å². The van der Waals surface area contributed by atoms with Crippen molar-refractivity contribution >= 4 is 45.7 Å². The fourth-order valence-corrected chi connectivity index (χ4v) is 5.00. The molecule has 31 heavy (non-hydrogen) atoms. The van der Waals surface area contributed by atoms with Gasteiger partial charge >= 0.3 is 0 Å². The number of nitrogens with zero attached hydrogens (tertiary/aromatic N) is 5. The molecule has 0 bridgehead atoms. The van der Waals surface area contributed by atoms with Crippen LogP contribution < -0.4 is 10.2 Å². The molecule has 1 aliphatic carbocycles. The van der Waals surface area contributed by atoms with Crippen LogP contribution in [0.1, 0.15) is 37.6 Å². The highest BCUT2D eigenvalue weighted by molar-refractivity contribution is 8.01. The van der Waals surface area contributed by atoms with Crippen LogP contribution in [-0.2, 0) is 9.59 Å². The predicted octanol–water partition coefficient (Wildman–Crippen LogP) is 3.98. The van der Waals surface area contributed by atoms with Crippen molar-refractivity contribution in [2.75, 3.05) is 16.0 Å². The van der Waals surface area contributed by atoms with E-state index in [4.69, 9.17) is 0 Å². The Morgan fingerprint density at radius 2 is 1.97 bits per heavy atom. The predicted molar refractivity (Wildman–Crippen MR) is 123 cm³/mol. The maximum atomic E-state index is 12.6. The molecule has 2 aromatic heterocycles. The highest BCUT2D eigenvalue weighted by atomic mass is 32.2. The van der Waals surface area contributed by atoms with Crippen LogP contribution in [0, 0.1) is 13.8 Å². The Bertz CT molecular complexity index is 1090. The average Bonchev–Trinajstić information content (AvgIpc) is 3.43. The van der Waals surface area contributed by atoms with Crippen molar-refractivity contribution in [2.24, 2.45) is 0 Å². The minimum Gasteiger partial charge on any atom is -0.322 e. The van der Waals surface area contributed by atoms with Crippen LogP contribution >= 0.6 is 23.1 Å². The first kappa shape index (κ1) is 21.5. The second-order valence-corrected chi connectivity index (χ2v) is 9.51. The third-order valence-electron chi connectivity index (χ3n) is 4.97. The Morgan fingerprint density at radius 1 is 1.23 bits per heavy atom. The van der Waals surface area contributed by atoms with Gasteiger partial charge in [-0.25, -0.2) is 4.68 Å². The summed E-state index contributed by atoms with van der Waals surface area (Å²) in [4.78, 5) is 26.6. The summed E-state index contributed by atoms with van der Waals surface area (Å²) in [6, 6.07) is 10.1. The zero-order chi connectivity index (χ0) is 22.0. The molecule has 1 aliphatic rings. The summed E-state index contributed by atoms with van der Waals surface area (Å²) in [6.45, 7) is 5.66. The molecular weight excluding hydrogens is 432 g/mol. The number of amides is 2. The van der Waals surface area contributed by atoms with Crippen LogP contribution in [-0.4, -0.2) is 43.6 Å². The molecule has 1 fully saturated rings. The molecule has 1 aromatic carbocycles. The van der Waals surface area contributed by atoms with E-state index in [9.17, 15) is 9.59 Å². The lowest BCUT2D eigenvalue weighted by Gasteiger charge is -2.17. The molecule has 162 valence electrons. The SMILES string of the molecule is CCC(=O)N(c1nnc(SCC(=O)Nc2c(C)nn(-c3ccccc3)c2C)s1)C1CC1. The van der Waals surface area contributed by atoms with E-state index in [1.807, 2.05) is 55.8 Å². The summed E-state index contributed by atoms with van der Waals surface area (Å²) in [5, 5.41) is 16.5. The number of para-hydroxylation sites is 1. The molecule has 0 spiro atoms. The van der Waals surface area contributed by atoms with E-state index in [-0.39, 0.29) is 23.6 Å². The highest BCUT2D eigenvalue weighted by Gasteiger charge is 2.35. The van der Waals surface area contributed by atoms with Gasteiger partial charge in [0.1, 0.15) is 0 Å². The standard InChI is InChI=1S/C21H24N6O2S2/c1-4-18(29)26(15-10-11-15)20-23-24-21(31-20)30-12-17(28)22-19-13(2)25-27(14(19)3)16-8-6-5-7-9-16/h5-9,15H,4,10-12H2,1-3H3,(H,22,28). The Morgan fingerprint density at radius 3 is 2.65 bits per heavy atom. The Balaban J connectivity index is 1.39. The molecular formula is C21H24N6O2S2. The largest absolute Gasteiger partial charge is 0.322 e. The third kappa shape index (κ3) is 4.80. The highest BCUT2D eigenvalue weighted by Crippen LogP contribution is 2.36. The number of carbonyl (C=O) groups is 2. The second kappa shape index (κ2) is 9.19. The van der Waals surface area contributed by atoms with Gasteiger partial charge in [-0.1, -0.05) is 48.2 Å². The summed E-state index contributed by atoms with van der Waals surface area (Å²) in [5.41, 5.74) is 3.30. The molecule has 3 aromatic rings. The smallest absolute Gasteiger partial charge is 0.234 e. The molecule has 0 unspecified atom stereocenters. The molecule has 10 heteroatoms. The normalized spacial score (nSPS) is 13.3. The van der Waals surface area contributed by atoms with E-state index in [1.165, 1.54) is 23.1 Å². The summed E-state index contributed by atoms with van der Waals surface area (Å²) in [5.74, 6) is 0.133. The number of hydrogen-bond donors (Lipinski definition) is 1. The number of hydrogen-bond acceptors (Lipinski definition) is 7. The fourth-order valence-electron chi connectivity index (χ4n) is 3.27. The number of carbonyl (C=O) groups excluding carboxylic acids is 2. The molecule has 0 radical (unpaired) electrons. The zero-order valence-electron chi connectivity index (χ0n) is 17.7. The van der Waals surface area contributed by atoms with Crippen molar-refractivity contribution in [3.05, 3.63) is 41.7 Å². The number of thioether (sulfide) groups is 1. The molecule has 4 rings (SSSR count).